The zero-order valence-corrected chi connectivity index (χ0v) is 19.4. The summed E-state index contributed by atoms with van der Waals surface area (Å²) in [7, 11) is 0. The first-order valence-corrected chi connectivity index (χ1v) is 5.82. The van der Waals surface area contributed by atoms with Crippen LogP contribution in [0.5, 0.6) is 11.5 Å². The first-order valence-electron chi connectivity index (χ1n) is 5.82. The summed E-state index contributed by atoms with van der Waals surface area (Å²) in [4.78, 5) is 20.5. The number of carboxylic acid groups (broad SMARTS) is 2. The van der Waals surface area contributed by atoms with Gasteiger partial charge in [0.15, 0.2) is 0 Å². The molecule has 0 aliphatic heterocycles. The van der Waals surface area contributed by atoms with E-state index in [4.69, 9.17) is 21.7 Å². The average molecular weight is 382 g/mol. The van der Waals surface area contributed by atoms with Crippen molar-refractivity contribution in [2.24, 2.45) is 0 Å². The minimum atomic E-state index is -1.44. The Hall–Kier alpha value is -0.147. The van der Waals surface area contributed by atoms with E-state index in [-0.39, 0.29) is 137 Å². The summed E-state index contributed by atoms with van der Waals surface area (Å²) in [5, 5.41) is 38.4. The molecular formula is C14H12K2N2O6. The van der Waals surface area contributed by atoms with Gasteiger partial charge in [0.25, 0.3) is 0 Å². The van der Waals surface area contributed by atoms with Gasteiger partial charge in [0.1, 0.15) is 11.5 Å². The molecule has 0 radical (unpaired) electrons. The van der Waals surface area contributed by atoms with Crippen molar-refractivity contribution in [3.63, 3.8) is 0 Å². The molecule has 0 spiro atoms. The first-order chi connectivity index (χ1) is 10.2. The number of carbonyl (C=O) groups excluding carboxylic acids is 2. The Bertz CT molecular complexity index is 663. The predicted octanol–water partition coefficient (Wildman–Crippen LogP) is -7.32. The minimum Gasteiger partial charge on any atom is -0.545 e. The van der Waals surface area contributed by atoms with Crippen LogP contribution in [0.1, 0.15) is 20.7 Å². The molecule has 0 saturated heterocycles. The number of rotatable bonds is 2. The van der Waals surface area contributed by atoms with Gasteiger partial charge in [-0.1, -0.05) is 0 Å². The third-order valence-electron chi connectivity index (χ3n) is 2.48. The van der Waals surface area contributed by atoms with Crippen molar-refractivity contribution in [3.05, 3.63) is 47.5 Å². The standard InChI is InChI=1S/2C7H7NO3.2K/c2*8-4-1-2-6(9)5(3-4)7(10)11;;/h2*1-3,9H,8H2,(H,10,11);;/q;;2*+1/p-2. The molecule has 0 bridgehead atoms. The average Bonchev–Trinajstić information content (AvgIpc) is 2.44. The summed E-state index contributed by atoms with van der Waals surface area (Å²) < 4.78 is 0. The predicted molar refractivity (Wildman–Crippen MR) is 73.7 cm³/mol. The fourth-order valence-corrected chi connectivity index (χ4v) is 1.43. The maximum atomic E-state index is 10.2. The number of anilines is 2. The molecular weight excluding hydrogens is 370 g/mol. The summed E-state index contributed by atoms with van der Waals surface area (Å²) in [6.45, 7) is 0. The number of nitrogens with two attached hydrogens (primary N) is 2. The summed E-state index contributed by atoms with van der Waals surface area (Å²) in [5.41, 5.74) is 10.5. The van der Waals surface area contributed by atoms with Crippen LogP contribution >= 0.6 is 0 Å². The number of benzene rings is 2. The van der Waals surface area contributed by atoms with E-state index >= 15 is 0 Å². The van der Waals surface area contributed by atoms with Gasteiger partial charge in [0.2, 0.25) is 0 Å². The third-order valence-corrected chi connectivity index (χ3v) is 2.48. The van der Waals surface area contributed by atoms with Gasteiger partial charge in [-0.05, 0) is 36.4 Å². The van der Waals surface area contributed by atoms with Crippen molar-refractivity contribution in [2.45, 2.75) is 0 Å². The molecule has 0 amide bonds. The molecule has 2 aromatic carbocycles. The van der Waals surface area contributed by atoms with E-state index in [0.29, 0.717) is 0 Å². The molecule has 0 aromatic heterocycles. The summed E-state index contributed by atoms with van der Waals surface area (Å²) >= 11 is 0. The van der Waals surface area contributed by atoms with Crippen LogP contribution in [-0.2, 0) is 0 Å². The smallest absolute Gasteiger partial charge is 0.545 e. The van der Waals surface area contributed by atoms with Gasteiger partial charge in [-0.3, -0.25) is 0 Å². The van der Waals surface area contributed by atoms with Gasteiger partial charge in [-0.2, -0.15) is 0 Å². The summed E-state index contributed by atoms with van der Waals surface area (Å²) in [6, 6.07) is 7.51. The number of carboxylic acids is 2. The Morgan fingerprint density at radius 2 is 1.04 bits per heavy atom. The number of carbonyl (C=O) groups is 2. The SMILES string of the molecule is Nc1ccc(O)c(C(=O)[O-])c1.Nc1ccc(O)c(C(=O)[O-])c1.[K+].[K+]. The molecule has 0 atom stereocenters. The second-order valence-corrected chi connectivity index (χ2v) is 4.13. The maximum absolute atomic E-state index is 10.2. The third kappa shape index (κ3) is 8.29. The van der Waals surface area contributed by atoms with Crippen LogP contribution < -0.4 is 124 Å². The van der Waals surface area contributed by atoms with E-state index in [1.54, 1.807) is 0 Å². The number of hydrogen-bond acceptors (Lipinski definition) is 8. The Kier molecular flexibility index (Phi) is 13.3. The minimum absolute atomic E-state index is 0. The van der Waals surface area contributed by atoms with E-state index in [0.717, 1.165) is 12.1 Å². The van der Waals surface area contributed by atoms with Gasteiger partial charge in [0, 0.05) is 22.5 Å². The van der Waals surface area contributed by atoms with E-state index < -0.39 is 11.9 Å². The topological polar surface area (TPSA) is 173 Å². The molecule has 0 fully saturated rings. The molecule has 116 valence electrons. The van der Waals surface area contributed by atoms with Crippen molar-refractivity contribution >= 4 is 23.3 Å². The van der Waals surface area contributed by atoms with Crippen LogP contribution in [0.2, 0.25) is 0 Å². The monoisotopic (exact) mass is 382 g/mol. The molecule has 0 saturated carbocycles. The maximum Gasteiger partial charge on any atom is 1.00 e. The fourth-order valence-electron chi connectivity index (χ4n) is 1.43. The van der Waals surface area contributed by atoms with Crippen LogP contribution in [0.25, 0.3) is 0 Å². The number of hydrogen-bond donors (Lipinski definition) is 4. The van der Waals surface area contributed by atoms with Crippen LogP contribution in [0.3, 0.4) is 0 Å². The van der Waals surface area contributed by atoms with Crippen molar-refractivity contribution in [3.8, 4) is 11.5 Å². The Balaban J connectivity index is 0. The van der Waals surface area contributed by atoms with Crippen LogP contribution in [0.4, 0.5) is 11.4 Å². The molecule has 2 rings (SSSR count). The summed E-state index contributed by atoms with van der Waals surface area (Å²) in [5.74, 6) is -3.54. The van der Waals surface area contributed by atoms with Gasteiger partial charge in [0.05, 0.1) is 11.9 Å². The van der Waals surface area contributed by atoms with Crippen molar-refractivity contribution in [1.82, 2.24) is 0 Å². The molecule has 0 heterocycles. The Morgan fingerprint density at radius 3 is 1.25 bits per heavy atom. The summed E-state index contributed by atoms with van der Waals surface area (Å²) in [6.07, 6.45) is 0. The van der Waals surface area contributed by atoms with E-state index in [2.05, 4.69) is 0 Å². The number of aromatic carboxylic acids is 2. The fraction of sp³-hybridized carbons (Fsp3) is 0. The normalized spacial score (nSPS) is 8.67. The molecule has 2 aromatic rings. The zero-order chi connectivity index (χ0) is 16.9. The van der Waals surface area contributed by atoms with Crippen molar-refractivity contribution < 1.29 is 133 Å². The van der Waals surface area contributed by atoms with Crippen molar-refractivity contribution in [1.29, 1.82) is 0 Å². The molecule has 10 heteroatoms. The largest absolute Gasteiger partial charge is 1.00 e. The van der Waals surface area contributed by atoms with Gasteiger partial charge < -0.3 is 41.5 Å². The van der Waals surface area contributed by atoms with Gasteiger partial charge in [-0.15, -0.1) is 0 Å². The van der Waals surface area contributed by atoms with E-state index in [1.165, 1.54) is 24.3 Å². The number of nitrogen functional groups attached to an aromatic ring is 2. The number of phenols is 2. The second-order valence-electron chi connectivity index (χ2n) is 4.13. The molecule has 0 aliphatic carbocycles. The van der Waals surface area contributed by atoms with Crippen LogP contribution in [0, 0.1) is 0 Å². The zero-order valence-electron chi connectivity index (χ0n) is 13.1. The van der Waals surface area contributed by atoms with E-state index in [1.807, 2.05) is 0 Å². The van der Waals surface area contributed by atoms with E-state index in [9.17, 15) is 19.8 Å². The molecule has 0 unspecified atom stereocenters. The quantitative estimate of drug-likeness (QED) is 0.225. The van der Waals surface area contributed by atoms with Crippen molar-refractivity contribution in [2.75, 3.05) is 11.5 Å². The first kappa shape index (κ1) is 26.1. The molecule has 6 N–H and O–H groups in total. The Labute approximate surface area is 222 Å². The van der Waals surface area contributed by atoms with Gasteiger partial charge in [-0.25, -0.2) is 0 Å². The molecule has 8 nitrogen and oxygen atoms in total. The second kappa shape index (κ2) is 12.2. The Morgan fingerprint density at radius 1 is 0.750 bits per heavy atom. The van der Waals surface area contributed by atoms with Gasteiger partial charge >= 0.3 is 103 Å². The van der Waals surface area contributed by atoms with Crippen LogP contribution in [0.15, 0.2) is 36.4 Å². The molecule has 0 aliphatic rings. The van der Waals surface area contributed by atoms with Crippen LogP contribution in [-0.4, -0.2) is 22.2 Å². The molecule has 24 heavy (non-hydrogen) atoms. The number of aromatic hydroxyl groups is 2.